The number of carbonyl (C=O) groups excluding carboxylic acids is 1. The van der Waals surface area contributed by atoms with Gasteiger partial charge in [0, 0.05) is 18.5 Å². The lowest BCUT2D eigenvalue weighted by atomic mass is 10.2. The van der Waals surface area contributed by atoms with Crippen LogP contribution in [0.25, 0.3) is 11.0 Å². The van der Waals surface area contributed by atoms with E-state index in [0.717, 1.165) is 4.57 Å². The highest BCUT2D eigenvalue weighted by Crippen LogP contribution is 2.28. The van der Waals surface area contributed by atoms with Crippen molar-refractivity contribution in [3.63, 3.8) is 0 Å². The summed E-state index contributed by atoms with van der Waals surface area (Å²) in [4.78, 5) is 21.0. The topological polar surface area (TPSA) is 103 Å². The number of imidazole rings is 1. The summed E-state index contributed by atoms with van der Waals surface area (Å²) < 4.78 is 59.9. The lowest BCUT2D eigenvalue weighted by Gasteiger charge is -2.15. The van der Waals surface area contributed by atoms with E-state index in [1.165, 1.54) is 13.0 Å². The van der Waals surface area contributed by atoms with Crippen LogP contribution >= 0.6 is 0 Å². The number of aliphatic imine (C=N–C) groups is 1. The second kappa shape index (κ2) is 9.88. The number of amidine groups is 1. The average molecular weight is 491 g/mol. The van der Waals surface area contributed by atoms with Gasteiger partial charge in [-0.15, -0.1) is 0 Å². The second-order valence-corrected chi connectivity index (χ2v) is 9.53. The molecule has 2 aromatic carbocycles. The molecule has 1 atom stereocenters. The number of para-hydroxylation sites is 2. The van der Waals surface area contributed by atoms with Crippen LogP contribution in [0.15, 0.2) is 58.4 Å². The highest BCUT2D eigenvalue weighted by Gasteiger charge is 2.30. The van der Waals surface area contributed by atoms with E-state index in [4.69, 9.17) is 4.74 Å². The molecule has 0 bridgehead atoms. The largest absolute Gasteiger partial charge is 0.454 e. The number of fused-ring (bicyclic) bond motifs is 2. The Morgan fingerprint density at radius 1 is 1.12 bits per heavy atom. The van der Waals surface area contributed by atoms with E-state index >= 15 is 0 Å². The lowest BCUT2D eigenvalue weighted by Crippen LogP contribution is -2.22. The van der Waals surface area contributed by atoms with Gasteiger partial charge >= 0.3 is 12.5 Å². The van der Waals surface area contributed by atoms with Crippen LogP contribution in [-0.4, -0.2) is 36.3 Å². The van der Waals surface area contributed by atoms with Crippen LogP contribution in [0.1, 0.15) is 56.6 Å². The molecule has 8 nitrogen and oxygen atoms in total. The molecule has 1 aromatic heterocycles. The van der Waals surface area contributed by atoms with E-state index in [0.29, 0.717) is 42.7 Å². The molecule has 3 aromatic rings. The first-order valence-corrected chi connectivity index (χ1v) is 12.4. The van der Waals surface area contributed by atoms with Crippen LogP contribution < -0.4 is 4.72 Å². The van der Waals surface area contributed by atoms with Gasteiger partial charge in [-0.2, -0.15) is 8.78 Å². The molecule has 0 saturated carbocycles. The van der Waals surface area contributed by atoms with E-state index in [1.807, 2.05) is 0 Å². The predicted octanol–water partition coefficient (Wildman–Crippen LogP) is 4.33. The summed E-state index contributed by atoms with van der Waals surface area (Å²) in [5.41, 5.74) is 1.24. The van der Waals surface area contributed by atoms with E-state index in [9.17, 15) is 22.0 Å². The second-order valence-electron chi connectivity index (χ2n) is 7.88. The van der Waals surface area contributed by atoms with Gasteiger partial charge < -0.3 is 4.74 Å². The molecule has 34 heavy (non-hydrogen) atoms. The third-order valence-electron chi connectivity index (χ3n) is 5.46. The van der Waals surface area contributed by atoms with Crippen LogP contribution in [-0.2, 0) is 19.6 Å². The average Bonchev–Trinajstić information content (AvgIpc) is 3.32. The van der Waals surface area contributed by atoms with E-state index in [2.05, 4.69) is 14.7 Å². The van der Waals surface area contributed by atoms with Crippen molar-refractivity contribution in [2.45, 2.75) is 50.2 Å². The first-order valence-electron chi connectivity index (χ1n) is 10.9. The maximum absolute atomic E-state index is 13.6. The number of rotatable bonds is 9. The molecule has 0 spiro atoms. The number of aromatic nitrogens is 2. The maximum atomic E-state index is 13.6. The highest BCUT2D eigenvalue weighted by molar-refractivity contribution is 7.90. The summed E-state index contributed by atoms with van der Waals surface area (Å²) in [6, 6.07) is 13.2. The van der Waals surface area contributed by atoms with Crippen LogP contribution in [0, 0.1) is 0 Å². The summed E-state index contributed by atoms with van der Waals surface area (Å²) >= 11 is 0. The van der Waals surface area contributed by atoms with Crippen LogP contribution in [0.5, 0.6) is 0 Å². The molecule has 1 N–H and O–H groups in total. The summed E-state index contributed by atoms with van der Waals surface area (Å²) in [6.45, 7) is -0.883. The molecule has 1 aliphatic heterocycles. The van der Waals surface area contributed by atoms with Gasteiger partial charge in [-0.1, -0.05) is 30.7 Å². The molecule has 180 valence electrons. The van der Waals surface area contributed by atoms with Crippen LogP contribution in [0.4, 0.5) is 8.78 Å². The summed E-state index contributed by atoms with van der Waals surface area (Å²) in [5.74, 6) is -0.172. The molecule has 0 aliphatic carbocycles. The van der Waals surface area contributed by atoms with E-state index in [-0.39, 0.29) is 22.7 Å². The normalized spacial score (nSPS) is 16.5. The van der Waals surface area contributed by atoms with Crippen molar-refractivity contribution in [1.29, 1.82) is 0 Å². The molecular weight excluding hydrogens is 466 g/mol. The van der Waals surface area contributed by atoms with Gasteiger partial charge in [-0.3, -0.25) is 19.1 Å². The van der Waals surface area contributed by atoms with Crippen molar-refractivity contribution in [2.24, 2.45) is 4.99 Å². The Morgan fingerprint density at radius 3 is 2.65 bits per heavy atom. The van der Waals surface area contributed by atoms with Crippen molar-refractivity contribution in [3.05, 3.63) is 59.9 Å². The molecule has 0 radical (unpaired) electrons. The number of benzene rings is 2. The molecular formula is C23H24F2N4O4S. The monoisotopic (exact) mass is 490 g/mol. The first-order chi connectivity index (χ1) is 16.3. The smallest absolute Gasteiger partial charge is 0.320 e. The molecule has 11 heteroatoms. The quantitative estimate of drug-likeness (QED) is 0.355. The SMILES string of the molecule is CC(OC(=O)CCCCCN=C1NS(=O)(=O)c2ccccc21)c1nc2ccccc2n1C(F)F. The number of hydrogen-bond donors (Lipinski definition) is 1. The van der Waals surface area contributed by atoms with E-state index < -0.39 is 28.6 Å². The van der Waals surface area contributed by atoms with Crippen molar-refractivity contribution >= 4 is 32.9 Å². The Labute approximate surface area is 195 Å². The first kappa shape index (κ1) is 23.8. The Hall–Kier alpha value is -3.34. The number of nitrogens with zero attached hydrogens (tertiary/aromatic N) is 3. The Morgan fingerprint density at radius 2 is 1.85 bits per heavy atom. The van der Waals surface area contributed by atoms with Gasteiger partial charge in [-0.25, -0.2) is 13.4 Å². The third kappa shape index (κ3) is 4.93. The van der Waals surface area contributed by atoms with E-state index in [1.54, 1.807) is 42.5 Å². The van der Waals surface area contributed by atoms with Gasteiger partial charge in [0.05, 0.1) is 15.9 Å². The zero-order chi connectivity index (χ0) is 24.3. The Kier molecular flexibility index (Phi) is 6.92. The number of carbonyl (C=O) groups is 1. The van der Waals surface area contributed by atoms with Crippen molar-refractivity contribution in [2.75, 3.05) is 6.54 Å². The fourth-order valence-electron chi connectivity index (χ4n) is 3.86. The van der Waals surface area contributed by atoms with Crippen molar-refractivity contribution < 1.29 is 26.7 Å². The van der Waals surface area contributed by atoms with Crippen LogP contribution in [0.3, 0.4) is 0 Å². The number of sulfonamides is 1. The number of esters is 1. The van der Waals surface area contributed by atoms with Crippen molar-refractivity contribution in [1.82, 2.24) is 14.3 Å². The minimum Gasteiger partial charge on any atom is -0.454 e. The van der Waals surface area contributed by atoms with Gasteiger partial charge in [0.1, 0.15) is 5.84 Å². The molecule has 4 rings (SSSR count). The van der Waals surface area contributed by atoms with Gasteiger partial charge in [0.25, 0.3) is 10.0 Å². The van der Waals surface area contributed by atoms with Crippen molar-refractivity contribution in [3.8, 4) is 0 Å². The third-order valence-corrected chi connectivity index (χ3v) is 6.86. The van der Waals surface area contributed by atoms with Gasteiger partial charge in [0.2, 0.25) is 0 Å². The standard InChI is InChI=1S/C23H24F2N4O4S/c1-15(22-27-17-10-5-6-11-18(17)29(22)23(24)25)33-20(30)13-3-2-8-14-26-21-16-9-4-7-12-19(16)34(31,32)28-21/h4-7,9-12,15,23H,2-3,8,13-14H2,1H3,(H,26,28). The number of unbranched alkanes of at least 4 members (excludes halogenated alkanes) is 2. The summed E-state index contributed by atoms with van der Waals surface area (Å²) in [6.07, 6.45) is 1.06. The minimum absolute atomic E-state index is 0.000304. The molecule has 1 unspecified atom stereocenters. The molecule has 0 saturated heterocycles. The number of ether oxygens (including phenoxy) is 1. The fourth-order valence-corrected chi connectivity index (χ4v) is 5.11. The summed E-state index contributed by atoms with van der Waals surface area (Å²) in [7, 11) is -3.56. The van der Waals surface area contributed by atoms with Gasteiger partial charge in [0.15, 0.2) is 11.9 Å². The Balaban J connectivity index is 1.25. The summed E-state index contributed by atoms with van der Waals surface area (Å²) in [5, 5.41) is 0. The number of hydrogen-bond acceptors (Lipinski definition) is 6. The molecule has 0 amide bonds. The maximum Gasteiger partial charge on any atom is 0.320 e. The molecule has 2 heterocycles. The zero-order valence-corrected chi connectivity index (χ0v) is 19.3. The van der Waals surface area contributed by atoms with Gasteiger partial charge in [-0.05, 0) is 44.0 Å². The number of alkyl halides is 2. The molecule has 1 aliphatic rings. The Bertz CT molecular complexity index is 1340. The fraction of sp³-hybridized carbons (Fsp3) is 0.348. The lowest BCUT2D eigenvalue weighted by molar-refractivity contribution is -0.149. The van der Waals surface area contributed by atoms with Crippen LogP contribution in [0.2, 0.25) is 0 Å². The zero-order valence-electron chi connectivity index (χ0n) is 18.4. The minimum atomic E-state index is -3.56. The molecule has 0 fully saturated rings. The number of nitrogens with one attached hydrogen (secondary N) is 1. The predicted molar refractivity (Wildman–Crippen MR) is 122 cm³/mol. The highest BCUT2D eigenvalue weighted by atomic mass is 32.2. The number of halogens is 2.